The van der Waals surface area contributed by atoms with Crippen LogP contribution in [0.3, 0.4) is 0 Å². The highest BCUT2D eigenvalue weighted by Crippen LogP contribution is 2.11. The normalized spacial score (nSPS) is 19.4. The molecule has 4 heteroatoms. The molecule has 1 saturated heterocycles. The van der Waals surface area contributed by atoms with Gasteiger partial charge in [0.05, 0.1) is 0 Å². The summed E-state index contributed by atoms with van der Waals surface area (Å²) in [4.78, 5) is 14.3. The van der Waals surface area contributed by atoms with Crippen molar-refractivity contribution < 1.29 is 4.79 Å². The van der Waals surface area contributed by atoms with Gasteiger partial charge in [0.15, 0.2) is 0 Å². The predicted octanol–water partition coefficient (Wildman–Crippen LogP) is 1.94. The summed E-state index contributed by atoms with van der Waals surface area (Å²) in [6.07, 6.45) is 2.13. The average Bonchev–Trinajstić information content (AvgIpc) is 2.82. The summed E-state index contributed by atoms with van der Waals surface area (Å²) in [5.41, 5.74) is 1.80. The van der Waals surface area contributed by atoms with E-state index in [0.717, 1.165) is 43.7 Å². The first kappa shape index (κ1) is 13.9. The Bertz CT molecular complexity index is 416. The van der Waals surface area contributed by atoms with E-state index in [2.05, 4.69) is 29.5 Å². The second-order valence-corrected chi connectivity index (χ2v) is 5.23. The number of anilines is 1. The number of nitrogens with zero attached hydrogens (tertiary/aromatic N) is 1. The number of likely N-dealkylation sites (tertiary alicyclic amines) is 1. The summed E-state index contributed by atoms with van der Waals surface area (Å²) in [7, 11) is 2.08. The van der Waals surface area contributed by atoms with Crippen molar-refractivity contribution in [3.8, 4) is 0 Å². The maximum atomic E-state index is 12.1. The summed E-state index contributed by atoms with van der Waals surface area (Å²) < 4.78 is 0. The van der Waals surface area contributed by atoms with Crippen molar-refractivity contribution in [2.45, 2.75) is 25.8 Å². The third-order valence-corrected chi connectivity index (χ3v) is 3.45. The van der Waals surface area contributed by atoms with Crippen LogP contribution in [-0.2, 0) is 0 Å². The Kier molecular flexibility index (Phi) is 4.80. The van der Waals surface area contributed by atoms with Gasteiger partial charge in [-0.05, 0) is 50.7 Å². The predicted molar refractivity (Wildman–Crippen MR) is 78.6 cm³/mol. The highest BCUT2D eigenvalue weighted by atomic mass is 16.1. The van der Waals surface area contributed by atoms with E-state index in [1.54, 1.807) is 0 Å². The van der Waals surface area contributed by atoms with Gasteiger partial charge in [-0.1, -0.05) is 6.92 Å². The molecule has 0 aromatic heterocycles. The van der Waals surface area contributed by atoms with Crippen LogP contribution in [0.25, 0.3) is 0 Å². The second-order valence-electron chi connectivity index (χ2n) is 5.23. The zero-order chi connectivity index (χ0) is 13.7. The van der Waals surface area contributed by atoms with E-state index < -0.39 is 0 Å². The van der Waals surface area contributed by atoms with Crippen molar-refractivity contribution >= 4 is 11.6 Å². The summed E-state index contributed by atoms with van der Waals surface area (Å²) in [6, 6.07) is 7.98. The van der Waals surface area contributed by atoms with Crippen LogP contribution < -0.4 is 10.6 Å². The van der Waals surface area contributed by atoms with Gasteiger partial charge in [-0.25, -0.2) is 0 Å². The third kappa shape index (κ3) is 3.96. The first-order valence-electron chi connectivity index (χ1n) is 7.02. The number of benzene rings is 1. The number of amides is 1. The highest BCUT2D eigenvalue weighted by molar-refractivity contribution is 5.94. The van der Waals surface area contributed by atoms with E-state index in [4.69, 9.17) is 0 Å². The molecule has 19 heavy (non-hydrogen) atoms. The zero-order valence-corrected chi connectivity index (χ0v) is 11.8. The van der Waals surface area contributed by atoms with Gasteiger partial charge in [0, 0.05) is 30.4 Å². The molecule has 2 rings (SSSR count). The lowest BCUT2D eigenvalue weighted by atomic mass is 10.1. The lowest BCUT2D eigenvalue weighted by Gasteiger charge is -2.13. The van der Waals surface area contributed by atoms with E-state index in [1.807, 2.05) is 24.3 Å². The van der Waals surface area contributed by atoms with E-state index in [0.29, 0.717) is 0 Å². The average molecular weight is 261 g/mol. The van der Waals surface area contributed by atoms with Crippen molar-refractivity contribution in [2.24, 2.45) is 0 Å². The molecule has 1 heterocycles. The van der Waals surface area contributed by atoms with E-state index in [9.17, 15) is 4.79 Å². The number of nitrogens with one attached hydrogen (secondary N) is 2. The van der Waals surface area contributed by atoms with Gasteiger partial charge in [0.25, 0.3) is 5.91 Å². The van der Waals surface area contributed by atoms with E-state index in [1.165, 1.54) is 0 Å². The molecule has 0 radical (unpaired) electrons. The van der Waals surface area contributed by atoms with Gasteiger partial charge in [-0.3, -0.25) is 4.79 Å². The van der Waals surface area contributed by atoms with Crippen LogP contribution in [0.2, 0.25) is 0 Å². The molecule has 1 atom stereocenters. The number of likely N-dealkylation sites (N-methyl/N-ethyl adjacent to an activating group) is 1. The maximum Gasteiger partial charge on any atom is 0.251 e. The number of rotatable bonds is 5. The molecule has 0 aliphatic carbocycles. The molecule has 4 nitrogen and oxygen atoms in total. The second kappa shape index (κ2) is 6.57. The molecule has 1 amide bonds. The van der Waals surface area contributed by atoms with Crippen LogP contribution in [0.1, 0.15) is 30.1 Å². The summed E-state index contributed by atoms with van der Waals surface area (Å²) >= 11 is 0. The van der Waals surface area contributed by atoms with Gasteiger partial charge in [-0.2, -0.15) is 0 Å². The SMILES string of the molecule is CCCNc1ccc(C(=O)NC2CCN(C)C2)cc1. The maximum absolute atomic E-state index is 12.1. The van der Waals surface area contributed by atoms with E-state index >= 15 is 0 Å². The van der Waals surface area contributed by atoms with Gasteiger partial charge >= 0.3 is 0 Å². The summed E-state index contributed by atoms with van der Waals surface area (Å²) in [6.45, 7) is 5.10. The van der Waals surface area contributed by atoms with Crippen LogP contribution in [0.15, 0.2) is 24.3 Å². The van der Waals surface area contributed by atoms with E-state index in [-0.39, 0.29) is 11.9 Å². The fraction of sp³-hybridized carbons (Fsp3) is 0.533. The molecule has 104 valence electrons. The fourth-order valence-corrected chi connectivity index (χ4v) is 2.33. The van der Waals surface area contributed by atoms with Crippen LogP contribution in [0.4, 0.5) is 5.69 Å². The molecule has 0 spiro atoms. The first-order chi connectivity index (χ1) is 9.19. The van der Waals surface area contributed by atoms with Crippen LogP contribution >= 0.6 is 0 Å². The van der Waals surface area contributed by atoms with Crippen molar-refractivity contribution in [1.29, 1.82) is 0 Å². The van der Waals surface area contributed by atoms with Gasteiger partial charge in [0.1, 0.15) is 0 Å². The Labute approximate surface area is 115 Å². The van der Waals surface area contributed by atoms with Crippen LogP contribution in [0, 0.1) is 0 Å². The molecular weight excluding hydrogens is 238 g/mol. The Morgan fingerprint density at radius 3 is 2.68 bits per heavy atom. The quantitative estimate of drug-likeness (QED) is 0.851. The fourth-order valence-electron chi connectivity index (χ4n) is 2.33. The minimum Gasteiger partial charge on any atom is -0.385 e. The molecule has 1 fully saturated rings. The Morgan fingerprint density at radius 2 is 2.11 bits per heavy atom. The topological polar surface area (TPSA) is 44.4 Å². The minimum absolute atomic E-state index is 0.0299. The minimum atomic E-state index is 0.0299. The van der Waals surface area contributed by atoms with Crippen molar-refractivity contribution in [3.05, 3.63) is 29.8 Å². The summed E-state index contributed by atoms with van der Waals surface area (Å²) in [5.74, 6) is 0.0299. The first-order valence-corrected chi connectivity index (χ1v) is 7.02. The van der Waals surface area contributed by atoms with Gasteiger partial charge < -0.3 is 15.5 Å². The van der Waals surface area contributed by atoms with Gasteiger partial charge in [0.2, 0.25) is 0 Å². The number of carbonyl (C=O) groups excluding carboxylic acids is 1. The summed E-state index contributed by atoms with van der Waals surface area (Å²) in [5, 5.41) is 6.39. The molecule has 1 aliphatic rings. The third-order valence-electron chi connectivity index (χ3n) is 3.45. The molecular formula is C15H23N3O. The zero-order valence-electron chi connectivity index (χ0n) is 11.8. The largest absolute Gasteiger partial charge is 0.385 e. The molecule has 1 aliphatic heterocycles. The Balaban J connectivity index is 1.88. The number of hydrogen-bond donors (Lipinski definition) is 2. The van der Waals surface area contributed by atoms with Crippen LogP contribution in [0.5, 0.6) is 0 Å². The molecule has 2 N–H and O–H groups in total. The van der Waals surface area contributed by atoms with Crippen molar-refractivity contribution in [3.63, 3.8) is 0 Å². The van der Waals surface area contributed by atoms with Crippen LogP contribution in [-0.4, -0.2) is 43.5 Å². The number of carbonyl (C=O) groups is 1. The van der Waals surface area contributed by atoms with Crippen molar-refractivity contribution in [2.75, 3.05) is 32.0 Å². The molecule has 1 aromatic carbocycles. The lowest BCUT2D eigenvalue weighted by molar-refractivity contribution is 0.0938. The molecule has 1 unspecified atom stereocenters. The smallest absolute Gasteiger partial charge is 0.251 e. The monoisotopic (exact) mass is 261 g/mol. The van der Waals surface area contributed by atoms with Crippen molar-refractivity contribution in [1.82, 2.24) is 10.2 Å². The molecule has 0 bridgehead atoms. The standard InChI is InChI=1S/C15H23N3O/c1-3-9-16-13-6-4-12(5-7-13)15(19)17-14-8-10-18(2)11-14/h4-7,14,16H,3,8-11H2,1-2H3,(H,17,19). The lowest BCUT2D eigenvalue weighted by Crippen LogP contribution is -2.36. The highest BCUT2D eigenvalue weighted by Gasteiger charge is 2.21. The number of hydrogen-bond acceptors (Lipinski definition) is 3. The Morgan fingerprint density at radius 1 is 1.37 bits per heavy atom. The molecule has 1 aromatic rings. The molecule has 0 saturated carbocycles. The van der Waals surface area contributed by atoms with Gasteiger partial charge in [-0.15, -0.1) is 0 Å². The Hall–Kier alpha value is -1.55.